The van der Waals surface area contributed by atoms with Crippen LogP contribution in [0.4, 0.5) is 0 Å². The quantitative estimate of drug-likeness (QED) is 0.224. The molecular weight excluding hydrogens is 402 g/mol. The summed E-state index contributed by atoms with van der Waals surface area (Å²) in [5, 5.41) is 2.75. The van der Waals surface area contributed by atoms with Gasteiger partial charge >= 0.3 is 0 Å². The van der Waals surface area contributed by atoms with Crippen LogP contribution in [-0.4, -0.2) is 64.9 Å². The molecule has 2 saturated heterocycles. The number of quaternary nitrogens is 2. The zero-order valence-electron chi connectivity index (χ0n) is 24.5. The number of piperidine rings is 2. The lowest BCUT2D eigenvalue weighted by atomic mass is 9.86. The zero-order valence-corrected chi connectivity index (χ0v) is 24.5. The molecule has 2 rings (SSSR count). The second kappa shape index (κ2) is 22.4. The molecule has 0 aromatic rings. The monoisotopic (exact) mass is 470 g/mol. The van der Waals surface area contributed by atoms with Crippen molar-refractivity contribution in [2.75, 3.05) is 60.4 Å². The van der Waals surface area contributed by atoms with Crippen molar-refractivity contribution in [3.05, 3.63) is 0 Å². The fourth-order valence-electron chi connectivity index (χ4n) is 5.81. The van der Waals surface area contributed by atoms with Crippen LogP contribution in [0.2, 0.25) is 0 Å². The van der Waals surface area contributed by atoms with Gasteiger partial charge in [-0.15, -0.1) is 0 Å². The molecule has 3 nitrogen and oxygen atoms in total. The molecule has 2 aliphatic rings. The Bertz CT molecular complexity index is 382. The topological polar surface area (TPSA) is 16.5 Å². The molecule has 0 bridgehead atoms. The van der Waals surface area contributed by atoms with E-state index < -0.39 is 0 Å². The lowest BCUT2D eigenvalue weighted by Gasteiger charge is -2.41. The lowest BCUT2D eigenvalue weighted by Crippen LogP contribution is -3.12. The zero-order chi connectivity index (χ0) is 24.8. The number of rotatable bonds is 14. The second-order valence-corrected chi connectivity index (χ2v) is 11.2. The molecule has 2 heterocycles. The van der Waals surface area contributed by atoms with Gasteiger partial charge in [-0.25, -0.2) is 0 Å². The van der Waals surface area contributed by atoms with Crippen LogP contribution in [0.5, 0.6) is 0 Å². The van der Waals surface area contributed by atoms with E-state index in [-0.39, 0.29) is 0 Å². The van der Waals surface area contributed by atoms with Gasteiger partial charge in [0.05, 0.1) is 46.3 Å². The normalized spacial score (nSPS) is 27.2. The minimum Gasteiger partial charge on any atom is -0.335 e. The van der Waals surface area contributed by atoms with Crippen LogP contribution in [0, 0.1) is 11.8 Å². The third kappa shape index (κ3) is 17.0. The summed E-state index contributed by atoms with van der Waals surface area (Å²) in [5.41, 5.74) is 0. The largest absolute Gasteiger partial charge is 0.335 e. The first-order valence-corrected chi connectivity index (χ1v) is 15.3. The van der Waals surface area contributed by atoms with E-state index >= 15 is 0 Å². The highest BCUT2D eigenvalue weighted by Crippen LogP contribution is 2.28. The van der Waals surface area contributed by atoms with E-state index in [9.17, 15) is 0 Å². The molecule has 0 radical (unpaired) electrons. The van der Waals surface area contributed by atoms with Gasteiger partial charge < -0.3 is 14.7 Å². The SMILES string of the molecule is CC.CCCCCCCCCC[N+]1(C)CCC(CCCC2CC[NH+](CC)CC2)CC1.CNC. The van der Waals surface area contributed by atoms with Crippen LogP contribution in [-0.2, 0) is 0 Å². The minimum absolute atomic E-state index is 1.05. The summed E-state index contributed by atoms with van der Waals surface area (Å²) in [6.45, 7) is 17.2. The molecule has 200 valence electrons. The Balaban J connectivity index is 0.00000189. The summed E-state index contributed by atoms with van der Waals surface area (Å²) < 4.78 is 1.38. The molecule has 3 heteroatoms. The van der Waals surface area contributed by atoms with E-state index in [0.717, 1.165) is 11.8 Å². The number of nitrogens with zero attached hydrogens (tertiary/aromatic N) is 1. The van der Waals surface area contributed by atoms with Gasteiger partial charge in [-0.05, 0) is 71.4 Å². The molecule has 0 unspecified atom stereocenters. The van der Waals surface area contributed by atoms with Gasteiger partial charge in [0, 0.05) is 0 Å². The van der Waals surface area contributed by atoms with Gasteiger partial charge in [0.15, 0.2) is 0 Å². The highest BCUT2D eigenvalue weighted by molar-refractivity contribution is 4.68. The predicted octanol–water partition coefficient (Wildman–Crippen LogP) is 6.33. The predicted molar refractivity (Wildman–Crippen MR) is 150 cm³/mol. The summed E-state index contributed by atoms with van der Waals surface area (Å²) in [6.07, 6.45) is 22.2. The molecule has 0 saturated carbocycles. The van der Waals surface area contributed by atoms with Crippen molar-refractivity contribution >= 4 is 0 Å². The lowest BCUT2D eigenvalue weighted by molar-refractivity contribution is -0.915. The van der Waals surface area contributed by atoms with Crippen LogP contribution in [0.15, 0.2) is 0 Å². The standard InChI is InChI=1S/C26H53N2.C2H7N.C2H6/c1-4-6-7-8-9-10-11-12-22-28(3)23-18-26(19-24-28)15-13-14-25-16-20-27(5-2)21-17-25;1-3-2;1-2/h25-26H,4-24H2,1-3H3;3H,1-2H3;1-2H3/q+1;;/p+1. The average molecular weight is 470 g/mol. The molecule has 2 N–H and O–H groups in total. The molecule has 0 atom stereocenters. The van der Waals surface area contributed by atoms with Crippen molar-refractivity contribution in [3.8, 4) is 0 Å². The van der Waals surface area contributed by atoms with Crippen molar-refractivity contribution in [1.82, 2.24) is 5.32 Å². The van der Waals surface area contributed by atoms with E-state index in [1.165, 1.54) is 140 Å². The number of hydrogen-bond acceptors (Lipinski definition) is 1. The fourth-order valence-corrected chi connectivity index (χ4v) is 5.81. The van der Waals surface area contributed by atoms with Crippen LogP contribution in [0.25, 0.3) is 0 Å². The molecule has 2 fully saturated rings. The Morgan fingerprint density at radius 2 is 1.15 bits per heavy atom. The molecule has 0 amide bonds. The Morgan fingerprint density at radius 3 is 1.64 bits per heavy atom. The van der Waals surface area contributed by atoms with Gasteiger partial charge in [-0.3, -0.25) is 0 Å². The summed E-state index contributed by atoms with van der Waals surface area (Å²) in [7, 11) is 6.29. The van der Waals surface area contributed by atoms with Gasteiger partial charge in [0.1, 0.15) is 0 Å². The van der Waals surface area contributed by atoms with E-state index in [4.69, 9.17) is 0 Å². The number of unbranched alkanes of at least 4 members (excludes halogenated alkanes) is 7. The second-order valence-electron chi connectivity index (χ2n) is 11.2. The number of hydrogen-bond donors (Lipinski definition) is 2. The number of likely N-dealkylation sites (tertiary alicyclic amines) is 2. The van der Waals surface area contributed by atoms with Crippen LogP contribution in [0.1, 0.15) is 124 Å². The van der Waals surface area contributed by atoms with E-state index in [0.29, 0.717) is 0 Å². The summed E-state index contributed by atoms with van der Waals surface area (Å²) in [6, 6.07) is 0. The summed E-state index contributed by atoms with van der Waals surface area (Å²) >= 11 is 0. The van der Waals surface area contributed by atoms with Gasteiger partial charge in [-0.1, -0.05) is 78.6 Å². The third-order valence-corrected chi connectivity index (χ3v) is 8.24. The maximum atomic E-state index is 2.75. The molecule has 0 aromatic heterocycles. The maximum Gasteiger partial charge on any atom is 0.0787 e. The molecular formula is C30H67N3+2. The smallest absolute Gasteiger partial charge is 0.0787 e. The Labute approximate surface area is 211 Å². The molecule has 0 spiro atoms. The van der Waals surface area contributed by atoms with Crippen molar-refractivity contribution in [3.63, 3.8) is 0 Å². The first-order chi connectivity index (χ1) is 16.1. The molecule has 2 aliphatic heterocycles. The highest BCUT2D eigenvalue weighted by atomic mass is 15.3. The van der Waals surface area contributed by atoms with Crippen molar-refractivity contribution < 1.29 is 9.38 Å². The summed E-state index contributed by atoms with van der Waals surface area (Å²) in [5.74, 6) is 2.10. The molecule has 0 aliphatic carbocycles. The Hall–Kier alpha value is -0.120. The first-order valence-electron chi connectivity index (χ1n) is 15.3. The Kier molecular flexibility index (Phi) is 22.3. The van der Waals surface area contributed by atoms with Gasteiger partial charge in [0.25, 0.3) is 0 Å². The van der Waals surface area contributed by atoms with Crippen LogP contribution < -0.4 is 10.2 Å². The van der Waals surface area contributed by atoms with E-state index in [2.05, 4.69) is 26.2 Å². The average Bonchev–Trinajstić information content (AvgIpc) is 2.84. The summed E-state index contributed by atoms with van der Waals surface area (Å²) in [4.78, 5) is 1.84. The highest BCUT2D eigenvalue weighted by Gasteiger charge is 2.29. The van der Waals surface area contributed by atoms with E-state index in [1.54, 1.807) is 0 Å². The Morgan fingerprint density at radius 1 is 0.697 bits per heavy atom. The molecule has 33 heavy (non-hydrogen) atoms. The van der Waals surface area contributed by atoms with E-state index in [1.807, 2.05) is 32.8 Å². The van der Waals surface area contributed by atoms with Crippen molar-refractivity contribution in [2.45, 2.75) is 124 Å². The van der Waals surface area contributed by atoms with Gasteiger partial charge in [0.2, 0.25) is 0 Å². The third-order valence-electron chi connectivity index (χ3n) is 8.24. The first kappa shape index (κ1) is 32.9. The van der Waals surface area contributed by atoms with Crippen molar-refractivity contribution in [2.24, 2.45) is 11.8 Å². The number of nitrogens with one attached hydrogen (secondary N) is 2. The molecule has 0 aromatic carbocycles. The van der Waals surface area contributed by atoms with Crippen LogP contribution >= 0.6 is 0 Å². The minimum atomic E-state index is 1.05. The fraction of sp³-hybridized carbons (Fsp3) is 1.00. The maximum absolute atomic E-state index is 2.75. The van der Waals surface area contributed by atoms with Gasteiger partial charge in [-0.2, -0.15) is 0 Å². The van der Waals surface area contributed by atoms with Crippen molar-refractivity contribution in [1.29, 1.82) is 0 Å². The van der Waals surface area contributed by atoms with Crippen LogP contribution in [0.3, 0.4) is 0 Å².